The van der Waals surface area contributed by atoms with Gasteiger partial charge in [0.2, 0.25) is 0 Å². The van der Waals surface area contributed by atoms with E-state index in [9.17, 15) is 4.79 Å². The number of ether oxygens (including phenoxy) is 1. The summed E-state index contributed by atoms with van der Waals surface area (Å²) in [6, 6.07) is 8.03. The molecular weight excluding hydrogens is 254 g/mol. The number of carboxylic acids is 1. The van der Waals surface area contributed by atoms with Gasteiger partial charge in [-0.05, 0) is 43.0 Å². The lowest BCUT2D eigenvalue weighted by Gasteiger charge is -2.09. The molecule has 0 radical (unpaired) electrons. The van der Waals surface area contributed by atoms with Crippen molar-refractivity contribution in [2.45, 2.75) is 39.7 Å². The van der Waals surface area contributed by atoms with E-state index in [0.717, 1.165) is 31.9 Å². The van der Waals surface area contributed by atoms with Crippen molar-refractivity contribution < 1.29 is 14.6 Å². The van der Waals surface area contributed by atoms with E-state index in [1.54, 1.807) is 0 Å². The lowest BCUT2D eigenvalue weighted by molar-refractivity contribution is -0.137. The van der Waals surface area contributed by atoms with Crippen molar-refractivity contribution in [1.82, 2.24) is 5.32 Å². The maximum absolute atomic E-state index is 10.4. The zero-order valence-electron chi connectivity index (χ0n) is 12.4. The SMILES string of the molecule is CC(C)CCOc1ccc(CNCCCC(=O)O)cc1. The number of hydrogen-bond acceptors (Lipinski definition) is 3. The van der Waals surface area contributed by atoms with Crippen LogP contribution in [0.4, 0.5) is 0 Å². The van der Waals surface area contributed by atoms with Crippen molar-refractivity contribution in [1.29, 1.82) is 0 Å². The molecule has 0 unspecified atom stereocenters. The Balaban J connectivity index is 2.19. The third-order valence-corrected chi connectivity index (χ3v) is 2.96. The average molecular weight is 279 g/mol. The molecule has 0 saturated heterocycles. The minimum absolute atomic E-state index is 0.218. The number of carbonyl (C=O) groups is 1. The highest BCUT2D eigenvalue weighted by Gasteiger charge is 1.99. The fourth-order valence-corrected chi connectivity index (χ4v) is 1.71. The average Bonchev–Trinajstić information content (AvgIpc) is 2.39. The Morgan fingerprint density at radius 3 is 2.60 bits per heavy atom. The summed E-state index contributed by atoms with van der Waals surface area (Å²) >= 11 is 0. The van der Waals surface area contributed by atoms with E-state index in [0.29, 0.717) is 12.3 Å². The normalized spacial score (nSPS) is 10.8. The van der Waals surface area contributed by atoms with Gasteiger partial charge in [-0.1, -0.05) is 26.0 Å². The van der Waals surface area contributed by atoms with Gasteiger partial charge in [-0.3, -0.25) is 4.79 Å². The van der Waals surface area contributed by atoms with Crippen molar-refractivity contribution >= 4 is 5.97 Å². The van der Waals surface area contributed by atoms with Crippen LogP contribution in [-0.2, 0) is 11.3 Å². The summed E-state index contributed by atoms with van der Waals surface area (Å²) in [5, 5.41) is 11.8. The van der Waals surface area contributed by atoms with E-state index in [1.807, 2.05) is 24.3 Å². The number of carboxylic acid groups (broad SMARTS) is 1. The molecule has 112 valence electrons. The molecule has 1 aromatic rings. The maximum Gasteiger partial charge on any atom is 0.303 e. The van der Waals surface area contributed by atoms with Crippen molar-refractivity contribution in [3.05, 3.63) is 29.8 Å². The standard InChI is InChI=1S/C16H25NO3/c1-13(2)9-11-20-15-7-5-14(6-8-15)12-17-10-3-4-16(18)19/h5-8,13,17H,3-4,9-12H2,1-2H3,(H,18,19). The van der Waals surface area contributed by atoms with Crippen LogP contribution in [0.25, 0.3) is 0 Å². The molecule has 0 saturated carbocycles. The number of nitrogens with one attached hydrogen (secondary N) is 1. The first-order valence-corrected chi connectivity index (χ1v) is 7.22. The Labute approximate surface area is 121 Å². The van der Waals surface area contributed by atoms with E-state index < -0.39 is 5.97 Å². The predicted molar refractivity (Wildman–Crippen MR) is 80.0 cm³/mol. The first-order chi connectivity index (χ1) is 9.58. The van der Waals surface area contributed by atoms with Gasteiger partial charge in [0.25, 0.3) is 0 Å². The molecule has 0 heterocycles. The molecule has 0 aliphatic carbocycles. The van der Waals surface area contributed by atoms with Crippen molar-refractivity contribution in [2.24, 2.45) is 5.92 Å². The Kier molecular flexibility index (Phi) is 7.73. The summed E-state index contributed by atoms with van der Waals surface area (Å²) in [6.45, 7) is 6.60. The van der Waals surface area contributed by atoms with Crippen LogP contribution >= 0.6 is 0 Å². The van der Waals surface area contributed by atoms with Crippen LogP contribution < -0.4 is 10.1 Å². The number of benzene rings is 1. The van der Waals surface area contributed by atoms with Crippen LogP contribution in [0.15, 0.2) is 24.3 Å². The molecule has 0 aliphatic heterocycles. The van der Waals surface area contributed by atoms with Crippen LogP contribution in [0.2, 0.25) is 0 Å². The highest BCUT2D eigenvalue weighted by Crippen LogP contribution is 2.13. The zero-order chi connectivity index (χ0) is 14.8. The summed E-state index contributed by atoms with van der Waals surface area (Å²) < 4.78 is 5.66. The molecule has 2 N–H and O–H groups in total. The van der Waals surface area contributed by atoms with Crippen molar-refractivity contribution in [2.75, 3.05) is 13.2 Å². The molecule has 0 bridgehead atoms. The van der Waals surface area contributed by atoms with E-state index in [2.05, 4.69) is 19.2 Å². The summed E-state index contributed by atoms with van der Waals surface area (Å²) in [6.07, 6.45) is 1.94. The van der Waals surface area contributed by atoms with Crippen LogP contribution in [-0.4, -0.2) is 24.2 Å². The molecule has 0 fully saturated rings. The van der Waals surface area contributed by atoms with Gasteiger partial charge in [0.05, 0.1) is 6.61 Å². The number of hydrogen-bond donors (Lipinski definition) is 2. The third-order valence-electron chi connectivity index (χ3n) is 2.96. The van der Waals surface area contributed by atoms with Crippen molar-refractivity contribution in [3.63, 3.8) is 0 Å². The largest absolute Gasteiger partial charge is 0.494 e. The lowest BCUT2D eigenvalue weighted by Crippen LogP contribution is -2.15. The van der Waals surface area contributed by atoms with Crippen LogP contribution in [0.1, 0.15) is 38.7 Å². The molecule has 1 aromatic carbocycles. The first kappa shape index (κ1) is 16.5. The summed E-state index contributed by atoms with van der Waals surface area (Å²) in [7, 11) is 0. The number of rotatable bonds is 10. The second-order valence-corrected chi connectivity index (χ2v) is 5.35. The molecule has 0 spiro atoms. The summed E-state index contributed by atoms with van der Waals surface area (Å²) in [5.41, 5.74) is 1.18. The van der Waals surface area contributed by atoms with E-state index in [1.165, 1.54) is 5.56 Å². The number of aliphatic carboxylic acids is 1. The van der Waals surface area contributed by atoms with Gasteiger partial charge in [-0.2, -0.15) is 0 Å². The van der Waals surface area contributed by atoms with Gasteiger partial charge in [-0.25, -0.2) is 0 Å². The maximum atomic E-state index is 10.4. The van der Waals surface area contributed by atoms with E-state index in [-0.39, 0.29) is 6.42 Å². The van der Waals surface area contributed by atoms with Crippen LogP contribution in [0.3, 0.4) is 0 Å². The molecule has 4 nitrogen and oxygen atoms in total. The Bertz CT molecular complexity index is 387. The fraction of sp³-hybridized carbons (Fsp3) is 0.562. The van der Waals surface area contributed by atoms with Gasteiger partial charge in [0.1, 0.15) is 5.75 Å². The highest BCUT2D eigenvalue weighted by molar-refractivity contribution is 5.66. The second kappa shape index (κ2) is 9.37. The van der Waals surface area contributed by atoms with Crippen molar-refractivity contribution in [3.8, 4) is 5.75 Å². The van der Waals surface area contributed by atoms with E-state index in [4.69, 9.17) is 9.84 Å². The fourth-order valence-electron chi connectivity index (χ4n) is 1.71. The minimum atomic E-state index is -0.741. The zero-order valence-corrected chi connectivity index (χ0v) is 12.4. The first-order valence-electron chi connectivity index (χ1n) is 7.22. The van der Waals surface area contributed by atoms with E-state index >= 15 is 0 Å². The highest BCUT2D eigenvalue weighted by atomic mass is 16.5. The Hall–Kier alpha value is -1.55. The molecule has 1 rings (SSSR count). The monoisotopic (exact) mass is 279 g/mol. The van der Waals surface area contributed by atoms with Gasteiger partial charge in [0, 0.05) is 13.0 Å². The Morgan fingerprint density at radius 1 is 1.30 bits per heavy atom. The van der Waals surface area contributed by atoms with Crippen LogP contribution in [0.5, 0.6) is 5.75 Å². The summed E-state index contributed by atoms with van der Waals surface area (Å²) in [4.78, 5) is 10.4. The van der Waals surface area contributed by atoms with Gasteiger partial charge in [-0.15, -0.1) is 0 Å². The summed E-state index contributed by atoms with van der Waals surface area (Å²) in [5.74, 6) is 0.819. The third kappa shape index (κ3) is 7.79. The van der Waals surface area contributed by atoms with Gasteiger partial charge < -0.3 is 15.2 Å². The molecule has 20 heavy (non-hydrogen) atoms. The minimum Gasteiger partial charge on any atom is -0.494 e. The topological polar surface area (TPSA) is 58.6 Å². The smallest absolute Gasteiger partial charge is 0.303 e. The molecule has 4 heteroatoms. The quantitative estimate of drug-likeness (QED) is 0.646. The predicted octanol–water partition coefficient (Wildman–Crippen LogP) is 3.07. The molecule has 0 amide bonds. The molecule has 0 aromatic heterocycles. The van der Waals surface area contributed by atoms with Crippen LogP contribution in [0, 0.1) is 5.92 Å². The Morgan fingerprint density at radius 2 is 2.00 bits per heavy atom. The van der Waals surface area contributed by atoms with Gasteiger partial charge in [0.15, 0.2) is 0 Å². The van der Waals surface area contributed by atoms with Gasteiger partial charge >= 0.3 is 5.97 Å². The molecular formula is C16H25NO3. The molecule has 0 aliphatic rings. The second-order valence-electron chi connectivity index (χ2n) is 5.35. The lowest BCUT2D eigenvalue weighted by atomic mass is 10.1. The molecule has 0 atom stereocenters.